The lowest BCUT2D eigenvalue weighted by atomic mass is 10.1. The van der Waals surface area contributed by atoms with Gasteiger partial charge >= 0.3 is 0 Å². The van der Waals surface area contributed by atoms with E-state index in [-0.39, 0.29) is 11.5 Å². The topological polar surface area (TPSA) is 68.9 Å². The number of amides is 1. The van der Waals surface area contributed by atoms with Crippen molar-refractivity contribution in [1.29, 1.82) is 0 Å². The Labute approximate surface area is 203 Å². The Morgan fingerprint density at radius 3 is 2.37 bits per heavy atom. The first kappa shape index (κ1) is 23.0. The molecule has 4 aromatic rings. The van der Waals surface area contributed by atoms with Crippen molar-refractivity contribution in [1.82, 2.24) is 14.0 Å². The summed E-state index contributed by atoms with van der Waals surface area (Å²) in [4.78, 5) is 31.4. The van der Waals surface area contributed by atoms with Crippen LogP contribution in [0.5, 0.6) is 5.75 Å². The molecule has 1 amide bonds. The number of hydrogen-bond donors (Lipinski definition) is 0. The molecule has 0 N–H and O–H groups in total. The van der Waals surface area contributed by atoms with Crippen LogP contribution in [-0.4, -0.2) is 66.9 Å². The van der Waals surface area contributed by atoms with E-state index in [1.807, 2.05) is 65.0 Å². The van der Waals surface area contributed by atoms with Gasteiger partial charge in [0.1, 0.15) is 11.3 Å². The zero-order valence-corrected chi connectivity index (χ0v) is 20.4. The number of carbonyl (C=O) groups excluding carboxylic acids is 1. The van der Waals surface area contributed by atoms with Crippen LogP contribution in [0.3, 0.4) is 0 Å². The van der Waals surface area contributed by atoms with Gasteiger partial charge in [-0.25, -0.2) is 0 Å². The van der Waals surface area contributed by atoms with E-state index in [0.717, 1.165) is 40.8 Å². The van der Waals surface area contributed by atoms with Gasteiger partial charge in [-0.2, -0.15) is 0 Å². The molecule has 1 fully saturated rings. The first-order valence-corrected chi connectivity index (χ1v) is 11.8. The fourth-order valence-electron chi connectivity index (χ4n) is 4.98. The summed E-state index contributed by atoms with van der Waals surface area (Å²) < 4.78 is 14.0. The Kier molecular flexibility index (Phi) is 6.21. The largest absolute Gasteiger partial charge is 0.497 e. The number of aryl methyl sites for hydroxylation is 1. The van der Waals surface area contributed by atoms with E-state index in [2.05, 4.69) is 4.90 Å². The Hall–Kier alpha value is -3.78. The highest BCUT2D eigenvalue weighted by atomic mass is 16.5. The number of aromatic nitrogens is 2. The molecule has 3 heterocycles. The SMILES string of the molecule is COCCn1cc(C(=O)N2CCN(c3ccc(OC)cc3)CC2)c2c3ccccc3n(C)c2c1=O. The smallest absolute Gasteiger partial charge is 0.275 e. The third-order valence-electron chi connectivity index (χ3n) is 6.90. The number of anilines is 1. The molecular formula is C27H30N4O4. The van der Waals surface area contributed by atoms with Gasteiger partial charge in [0.05, 0.1) is 19.3 Å². The number of carbonyl (C=O) groups is 1. The third-order valence-corrected chi connectivity index (χ3v) is 6.90. The van der Waals surface area contributed by atoms with Gasteiger partial charge < -0.3 is 28.4 Å². The van der Waals surface area contributed by atoms with E-state index in [1.165, 1.54) is 0 Å². The Bertz CT molecular complexity index is 1430. The molecular weight excluding hydrogens is 444 g/mol. The van der Waals surface area contributed by atoms with Crippen molar-refractivity contribution in [2.24, 2.45) is 7.05 Å². The summed E-state index contributed by atoms with van der Waals surface area (Å²) in [6, 6.07) is 15.8. The highest BCUT2D eigenvalue weighted by Gasteiger charge is 2.27. The summed E-state index contributed by atoms with van der Waals surface area (Å²) in [5.41, 5.74) is 3.04. The van der Waals surface area contributed by atoms with Gasteiger partial charge in [0.25, 0.3) is 11.5 Å². The summed E-state index contributed by atoms with van der Waals surface area (Å²) >= 11 is 0. The van der Waals surface area contributed by atoms with Crippen molar-refractivity contribution in [3.8, 4) is 5.75 Å². The van der Waals surface area contributed by atoms with E-state index in [9.17, 15) is 9.59 Å². The van der Waals surface area contributed by atoms with Gasteiger partial charge in [-0.3, -0.25) is 9.59 Å². The van der Waals surface area contributed by atoms with Gasteiger partial charge in [-0.15, -0.1) is 0 Å². The van der Waals surface area contributed by atoms with Gasteiger partial charge in [0, 0.05) is 75.1 Å². The molecule has 1 aliphatic rings. The van der Waals surface area contributed by atoms with Crippen LogP contribution < -0.4 is 15.2 Å². The Balaban J connectivity index is 1.50. The molecule has 0 radical (unpaired) electrons. The van der Waals surface area contributed by atoms with Crippen molar-refractivity contribution in [2.75, 3.05) is 51.9 Å². The molecule has 35 heavy (non-hydrogen) atoms. The van der Waals surface area contributed by atoms with Crippen LogP contribution in [0.15, 0.2) is 59.5 Å². The molecule has 1 saturated heterocycles. The Morgan fingerprint density at radius 2 is 1.69 bits per heavy atom. The molecule has 0 atom stereocenters. The fourth-order valence-corrected chi connectivity index (χ4v) is 4.98. The van der Waals surface area contributed by atoms with Crippen molar-refractivity contribution in [3.05, 3.63) is 70.6 Å². The van der Waals surface area contributed by atoms with Gasteiger partial charge in [-0.05, 0) is 30.3 Å². The van der Waals surface area contributed by atoms with Crippen LogP contribution in [0.2, 0.25) is 0 Å². The van der Waals surface area contributed by atoms with E-state index < -0.39 is 0 Å². The minimum Gasteiger partial charge on any atom is -0.497 e. The first-order valence-electron chi connectivity index (χ1n) is 11.8. The van der Waals surface area contributed by atoms with Crippen molar-refractivity contribution in [3.63, 3.8) is 0 Å². The average Bonchev–Trinajstić information content (AvgIpc) is 3.21. The molecule has 0 saturated carbocycles. The maximum atomic E-state index is 13.9. The first-order chi connectivity index (χ1) is 17.0. The molecule has 8 nitrogen and oxygen atoms in total. The molecule has 5 rings (SSSR count). The molecule has 0 aliphatic carbocycles. The van der Waals surface area contributed by atoms with Gasteiger partial charge in [0.2, 0.25) is 0 Å². The molecule has 8 heteroatoms. The van der Waals surface area contributed by atoms with Crippen LogP contribution >= 0.6 is 0 Å². The number of benzene rings is 2. The Morgan fingerprint density at radius 1 is 0.971 bits per heavy atom. The summed E-state index contributed by atoms with van der Waals surface area (Å²) in [5, 5.41) is 1.64. The van der Waals surface area contributed by atoms with Crippen molar-refractivity contribution < 1.29 is 14.3 Å². The quantitative estimate of drug-likeness (QED) is 0.430. The van der Waals surface area contributed by atoms with Crippen LogP contribution in [0.25, 0.3) is 21.8 Å². The average molecular weight is 475 g/mol. The molecule has 0 bridgehead atoms. The number of ether oxygens (including phenoxy) is 2. The van der Waals surface area contributed by atoms with Crippen LogP contribution in [0, 0.1) is 0 Å². The molecule has 2 aromatic heterocycles. The second kappa shape index (κ2) is 9.46. The zero-order valence-electron chi connectivity index (χ0n) is 20.4. The highest BCUT2D eigenvalue weighted by molar-refractivity contribution is 6.17. The molecule has 0 unspecified atom stereocenters. The monoisotopic (exact) mass is 474 g/mol. The summed E-state index contributed by atoms with van der Waals surface area (Å²) in [6.45, 7) is 3.46. The number of nitrogens with zero attached hydrogens (tertiary/aromatic N) is 4. The standard InChI is InChI=1S/C27H30N4O4/c1-28-23-7-5-4-6-21(23)24-22(18-31(16-17-34-2)27(33)25(24)28)26(32)30-14-12-29(13-15-30)19-8-10-20(35-3)11-9-19/h4-11,18H,12-17H2,1-3H3. The summed E-state index contributed by atoms with van der Waals surface area (Å²) in [5.74, 6) is 0.775. The lowest BCUT2D eigenvalue weighted by molar-refractivity contribution is 0.0747. The lowest BCUT2D eigenvalue weighted by Crippen LogP contribution is -2.49. The summed E-state index contributed by atoms with van der Waals surface area (Å²) in [6.07, 6.45) is 1.72. The number of rotatable bonds is 6. The zero-order chi connectivity index (χ0) is 24.5. The van der Waals surface area contributed by atoms with Crippen molar-refractivity contribution in [2.45, 2.75) is 6.54 Å². The maximum Gasteiger partial charge on any atom is 0.275 e. The third kappa shape index (κ3) is 4.04. The van der Waals surface area contributed by atoms with E-state index in [1.54, 1.807) is 25.0 Å². The van der Waals surface area contributed by atoms with E-state index in [0.29, 0.717) is 37.3 Å². The van der Waals surface area contributed by atoms with E-state index in [4.69, 9.17) is 9.47 Å². The second-order valence-corrected chi connectivity index (χ2v) is 8.81. The number of hydrogen-bond acceptors (Lipinski definition) is 5. The second-order valence-electron chi connectivity index (χ2n) is 8.81. The molecule has 1 aliphatic heterocycles. The van der Waals surface area contributed by atoms with E-state index >= 15 is 0 Å². The predicted octanol–water partition coefficient (Wildman–Crippen LogP) is 3.11. The highest BCUT2D eigenvalue weighted by Crippen LogP contribution is 2.30. The van der Waals surface area contributed by atoms with Gasteiger partial charge in [0.15, 0.2) is 0 Å². The maximum absolute atomic E-state index is 13.9. The van der Waals surface area contributed by atoms with Crippen LogP contribution in [-0.2, 0) is 18.3 Å². The van der Waals surface area contributed by atoms with Crippen LogP contribution in [0.1, 0.15) is 10.4 Å². The normalized spacial score (nSPS) is 14.1. The molecule has 0 spiro atoms. The lowest BCUT2D eigenvalue weighted by Gasteiger charge is -2.36. The van der Waals surface area contributed by atoms with Crippen LogP contribution in [0.4, 0.5) is 5.69 Å². The van der Waals surface area contributed by atoms with Crippen molar-refractivity contribution >= 4 is 33.4 Å². The van der Waals surface area contributed by atoms with Gasteiger partial charge in [-0.1, -0.05) is 18.2 Å². The number of para-hydroxylation sites is 1. The fraction of sp³-hybridized carbons (Fsp3) is 0.333. The predicted molar refractivity (Wildman–Crippen MR) is 138 cm³/mol. The number of fused-ring (bicyclic) bond motifs is 3. The number of pyridine rings is 1. The minimum atomic E-state index is -0.114. The molecule has 182 valence electrons. The number of methoxy groups -OCH3 is 2. The molecule has 2 aromatic carbocycles. The summed E-state index contributed by atoms with van der Waals surface area (Å²) in [7, 11) is 5.15. The minimum absolute atomic E-state index is 0.0492. The number of piperazine rings is 1.